The molecule has 0 spiro atoms. The van der Waals surface area contributed by atoms with Gasteiger partial charge < -0.3 is 16.0 Å². The first-order valence-corrected chi connectivity index (χ1v) is 8.83. The Balaban J connectivity index is 1.72. The number of halogens is 1. The van der Waals surface area contributed by atoms with Crippen LogP contribution in [0.5, 0.6) is 0 Å². The van der Waals surface area contributed by atoms with Crippen LogP contribution >= 0.6 is 11.6 Å². The second kappa shape index (κ2) is 8.49. The van der Waals surface area contributed by atoms with Crippen LogP contribution in [0.1, 0.15) is 23.0 Å². The van der Waals surface area contributed by atoms with Crippen LogP contribution < -0.4 is 16.0 Å². The van der Waals surface area contributed by atoms with Crippen LogP contribution in [-0.2, 0) is 4.79 Å². The minimum atomic E-state index is -0.364. The van der Waals surface area contributed by atoms with E-state index < -0.39 is 0 Å². The van der Waals surface area contributed by atoms with Gasteiger partial charge in [0, 0.05) is 35.1 Å². The standard InChI is InChI=1S/C20H18ClN5O2/c1-12-3-4-14(21)9-17(12)26-20(28)18-10-19(23-11-22-18)25-16-7-5-15(6-8-16)24-13(2)27/h3-11H,1-2H3,(H,24,27)(H,26,28)(H,22,23,25). The van der Waals surface area contributed by atoms with Crippen molar-refractivity contribution in [1.82, 2.24) is 9.97 Å². The summed E-state index contributed by atoms with van der Waals surface area (Å²) in [6, 6.07) is 13.9. The maximum absolute atomic E-state index is 12.5. The van der Waals surface area contributed by atoms with Crippen LogP contribution in [0.3, 0.4) is 0 Å². The van der Waals surface area contributed by atoms with Gasteiger partial charge in [-0.25, -0.2) is 9.97 Å². The fourth-order valence-electron chi connectivity index (χ4n) is 2.45. The number of amides is 2. The summed E-state index contributed by atoms with van der Waals surface area (Å²) in [5.41, 5.74) is 3.18. The number of nitrogens with zero attached hydrogens (tertiary/aromatic N) is 2. The van der Waals surface area contributed by atoms with Crippen LogP contribution in [-0.4, -0.2) is 21.8 Å². The Morgan fingerprint density at radius 3 is 2.36 bits per heavy atom. The summed E-state index contributed by atoms with van der Waals surface area (Å²) < 4.78 is 0. The van der Waals surface area contributed by atoms with Crippen LogP contribution in [0.25, 0.3) is 0 Å². The summed E-state index contributed by atoms with van der Waals surface area (Å²) in [4.78, 5) is 31.8. The molecule has 0 radical (unpaired) electrons. The quantitative estimate of drug-likeness (QED) is 0.595. The lowest BCUT2D eigenvalue weighted by molar-refractivity contribution is -0.114. The number of hydrogen-bond acceptors (Lipinski definition) is 5. The predicted octanol–water partition coefficient (Wildman–Crippen LogP) is 4.39. The number of carbonyl (C=O) groups is 2. The summed E-state index contributed by atoms with van der Waals surface area (Å²) in [5, 5.41) is 9.13. The van der Waals surface area contributed by atoms with Gasteiger partial charge in [-0.05, 0) is 48.9 Å². The Bertz CT molecular complexity index is 1020. The third-order valence-corrected chi connectivity index (χ3v) is 4.06. The third kappa shape index (κ3) is 5.05. The number of anilines is 4. The highest BCUT2D eigenvalue weighted by Crippen LogP contribution is 2.21. The highest BCUT2D eigenvalue weighted by atomic mass is 35.5. The molecule has 0 atom stereocenters. The molecular formula is C20H18ClN5O2. The topological polar surface area (TPSA) is 96.0 Å². The summed E-state index contributed by atoms with van der Waals surface area (Å²) in [7, 11) is 0. The van der Waals surface area contributed by atoms with Crippen molar-refractivity contribution in [3.8, 4) is 0 Å². The molecule has 0 unspecified atom stereocenters. The summed E-state index contributed by atoms with van der Waals surface area (Å²) >= 11 is 5.99. The molecule has 3 aromatic rings. The van der Waals surface area contributed by atoms with Crippen molar-refractivity contribution in [2.45, 2.75) is 13.8 Å². The minimum Gasteiger partial charge on any atom is -0.340 e. The summed E-state index contributed by atoms with van der Waals surface area (Å²) in [5.74, 6) is -0.0332. The first-order chi connectivity index (χ1) is 13.4. The summed E-state index contributed by atoms with van der Waals surface area (Å²) in [6.07, 6.45) is 1.31. The highest BCUT2D eigenvalue weighted by molar-refractivity contribution is 6.31. The third-order valence-electron chi connectivity index (χ3n) is 3.83. The number of nitrogens with one attached hydrogen (secondary N) is 3. The number of carbonyl (C=O) groups excluding carboxylic acids is 2. The smallest absolute Gasteiger partial charge is 0.274 e. The summed E-state index contributed by atoms with van der Waals surface area (Å²) in [6.45, 7) is 3.33. The van der Waals surface area contributed by atoms with Gasteiger partial charge in [0.15, 0.2) is 0 Å². The number of benzene rings is 2. The second-order valence-electron chi connectivity index (χ2n) is 6.09. The van der Waals surface area contributed by atoms with E-state index in [-0.39, 0.29) is 17.5 Å². The molecule has 2 amide bonds. The first kappa shape index (κ1) is 19.3. The lowest BCUT2D eigenvalue weighted by Crippen LogP contribution is -2.15. The van der Waals surface area contributed by atoms with Gasteiger partial charge in [-0.1, -0.05) is 17.7 Å². The number of aryl methyl sites for hydroxylation is 1. The molecule has 0 aliphatic rings. The Labute approximate surface area is 167 Å². The maximum Gasteiger partial charge on any atom is 0.274 e. The Morgan fingerprint density at radius 1 is 0.929 bits per heavy atom. The second-order valence-corrected chi connectivity index (χ2v) is 6.52. The van der Waals surface area contributed by atoms with E-state index in [0.29, 0.717) is 22.2 Å². The zero-order valence-corrected chi connectivity index (χ0v) is 16.0. The molecule has 3 N–H and O–H groups in total. The lowest BCUT2D eigenvalue weighted by Gasteiger charge is -2.10. The lowest BCUT2D eigenvalue weighted by atomic mass is 10.2. The molecule has 142 valence electrons. The van der Waals surface area contributed by atoms with Gasteiger partial charge in [0.25, 0.3) is 5.91 Å². The zero-order chi connectivity index (χ0) is 20.1. The van der Waals surface area contributed by atoms with Crippen molar-refractivity contribution < 1.29 is 9.59 Å². The van der Waals surface area contributed by atoms with Gasteiger partial charge in [0.05, 0.1) is 0 Å². The average Bonchev–Trinajstić information content (AvgIpc) is 2.66. The molecule has 1 heterocycles. The van der Waals surface area contributed by atoms with Gasteiger partial charge in [-0.2, -0.15) is 0 Å². The van der Waals surface area contributed by atoms with E-state index in [1.54, 1.807) is 42.5 Å². The van der Waals surface area contributed by atoms with E-state index in [1.165, 1.54) is 13.3 Å². The fraction of sp³-hybridized carbons (Fsp3) is 0.100. The molecule has 0 saturated heterocycles. The fourth-order valence-corrected chi connectivity index (χ4v) is 2.63. The molecule has 0 aliphatic heterocycles. The molecular weight excluding hydrogens is 378 g/mol. The van der Waals surface area contributed by atoms with Crippen LogP contribution in [0.2, 0.25) is 5.02 Å². The molecule has 28 heavy (non-hydrogen) atoms. The van der Waals surface area contributed by atoms with Crippen LogP contribution in [0.4, 0.5) is 22.9 Å². The Kier molecular flexibility index (Phi) is 5.86. The molecule has 0 saturated carbocycles. The van der Waals surface area contributed by atoms with Crippen molar-refractivity contribution in [3.63, 3.8) is 0 Å². The van der Waals surface area contributed by atoms with E-state index in [4.69, 9.17) is 11.6 Å². The van der Waals surface area contributed by atoms with Crippen LogP contribution in [0, 0.1) is 6.92 Å². The van der Waals surface area contributed by atoms with E-state index >= 15 is 0 Å². The Hall–Kier alpha value is -3.45. The van der Waals surface area contributed by atoms with Crippen molar-refractivity contribution >= 4 is 46.3 Å². The molecule has 0 aliphatic carbocycles. The first-order valence-electron chi connectivity index (χ1n) is 8.45. The van der Waals surface area contributed by atoms with Gasteiger partial charge in [0.2, 0.25) is 5.91 Å². The molecule has 0 fully saturated rings. The number of hydrogen-bond donors (Lipinski definition) is 3. The van der Waals surface area contributed by atoms with Crippen molar-refractivity contribution in [3.05, 3.63) is 71.1 Å². The van der Waals surface area contributed by atoms with E-state index in [1.807, 2.05) is 13.0 Å². The maximum atomic E-state index is 12.5. The molecule has 0 bridgehead atoms. The SMILES string of the molecule is CC(=O)Nc1ccc(Nc2cc(C(=O)Nc3cc(Cl)ccc3C)ncn2)cc1. The van der Waals surface area contributed by atoms with Gasteiger partial charge in [-0.15, -0.1) is 0 Å². The van der Waals surface area contributed by atoms with E-state index in [2.05, 4.69) is 25.9 Å². The zero-order valence-electron chi connectivity index (χ0n) is 15.3. The predicted molar refractivity (Wildman–Crippen MR) is 110 cm³/mol. The normalized spacial score (nSPS) is 10.2. The largest absolute Gasteiger partial charge is 0.340 e. The van der Waals surface area contributed by atoms with Crippen molar-refractivity contribution in [1.29, 1.82) is 0 Å². The number of rotatable bonds is 5. The van der Waals surface area contributed by atoms with Gasteiger partial charge >= 0.3 is 0 Å². The molecule has 1 aromatic heterocycles. The molecule has 2 aromatic carbocycles. The molecule has 3 rings (SSSR count). The van der Waals surface area contributed by atoms with Crippen LogP contribution in [0.15, 0.2) is 54.9 Å². The molecule has 8 heteroatoms. The monoisotopic (exact) mass is 395 g/mol. The number of aromatic nitrogens is 2. The Morgan fingerprint density at radius 2 is 1.64 bits per heavy atom. The highest BCUT2D eigenvalue weighted by Gasteiger charge is 2.11. The van der Waals surface area contributed by atoms with Gasteiger partial charge in [-0.3, -0.25) is 9.59 Å². The van der Waals surface area contributed by atoms with Crippen molar-refractivity contribution in [2.24, 2.45) is 0 Å². The van der Waals surface area contributed by atoms with Gasteiger partial charge in [0.1, 0.15) is 17.8 Å². The minimum absolute atomic E-state index is 0.137. The molecule has 7 nitrogen and oxygen atoms in total. The van der Waals surface area contributed by atoms with Crippen molar-refractivity contribution in [2.75, 3.05) is 16.0 Å². The van der Waals surface area contributed by atoms with E-state index in [9.17, 15) is 9.59 Å². The van der Waals surface area contributed by atoms with E-state index in [0.717, 1.165) is 11.3 Å². The average molecular weight is 396 g/mol.